The van der Waals surface area contributed by atoms with Crippen LogP contribution in [0.3, 0.4) is 0 Å². The zero-order valence-electron chi connectivity index (χ0n) is 10.0. The smallest absolute Gasteiger partial charge is 0.306 e. The van der Waals surface area contributed by atoms with Gasteiger partial charge in [0.15, 0.2) is 0 Å². The molecule has 6 heteroatoms. The van der Waals surface area contributed by atoms with Crippen LogP contribution in [0.25, 0.3) is 0 Å². The normalized spacial score (nSPS) is 17.9. The fourth-order valence-corrected chi connectivity index (χ4v) is 1.96. The average molecular weight is 243 g/mol. The number of hydrogen-bond donors (Lipinski definition) is 3. The first kappa shape index (κ1) is 13.9. The zero-order chi connectivity index (χ0) is 12.7. The summed E-state index contributed by atoms with van der Waals surface area (Å²) in [6.07, 6.45) is 1.82. The van der Waals surface area contributed by atoms with Gasteiger partial charge in [-0.25, -0.2) is 0 Å². The third-order valence-electron chi connectivity index (χ3n) is 3.06. The maximum absolute atomic E-state index is 11.3. The van der Waals surface area contributed by atoms with E-state index < -0.39 is 5.97 Å². The molecule has 1 fully saturated rings. The molecule has 1 saturated heterocycles. The summed E-state index contributed by atoms with van der Waals surface area (Å²) in [6.45, 7) is 3.20. The number of piperidine rings is 1. The van der Waals surface area contributed by atoms with Crippen molar-refractivity contribution >= 4 is 11.9 Å². The van der Waals surface area contributed by atoms with Gasteiger partial charge >= 0.3 is 5.97 Å². The van der Waals surface area contributed by atoms with Gasteiger partial charge < -0.3 is 21.1 Å². The second-order valence-corrected chi connectivity index (χ2v) is 4.34. The van der Waals surface area contributed by atoms with Crippen molar-refractivity contribution in [3.8, 4) is 0 Å². The van der Waals surface area contributed by atoms with E-state index in [9.17, 15) is 9.59 Å². The lowest BCUT2D eigenvalue weighted by molar-refractivity contribution is -0.143. The van der Waals surface area contributed by atoms with Crippen LogP contribution in [0.15, 0.2) is 0 Å². The topological polar surface area (TPSA) is 95.7 Å². The highest BCUT2D eigenvalue weighted by molar-refractivity contribution is 5.76. The molecule has 6 nitrogen and oxygen atoms in total. The van der Waals surface area contributed by atoms with Crippen LogP contribution in [0, 0.1) is 5.92 Å². The third kappa shape index (κ3) is 5.14. The van der Waals surface area contributed by atoms with E-state index in [1.165, 1.54) is 0 Å². The molecule has 98 valence electrons. The average Bonchev–Trinajstić information content (AvgIpc) is 2.34. The maximum Gasteiger partial charge on any atom is 0.306 e. The van der Waals surface area contributed by atoms with Crippen LogP contribution in [0.5, 0.6) is 0 Å². The van der Waals surface area contributed by atoms with Gasteiger partial charge in [-0.1, -0.05) is 0 Å². The van der Waals surface area contributed by atoms with E-state index in [1.807, 2.05) is 0 Å². The third-order valence-corrected chi connectivity index (χ3v) is 3.06. The first-order chi connectivity index (χ1) is 8.13. The fourth-order valence-electron chi connectivity index (χ4n) is 1.96. The number of nitrogens with zero attached hydrogens (tertiary/aromatic N) is 1. The Labute approximate surface area is 101 Å². The molecular weight excluding hydrogens is 222 g/mol. The fraction of sp³-hybridized carbons (Fsp3) is 0.818. The maximum atomic E-state index is 11.3. The summed E-state index contributed by atoms with van der Waals surface area (Å²) in [5.41, 5.74) is 5.28. The van der Waals surface area contributed by atoms with Crippen molar-refractivity contribution in [2.24, 2.45) is 11.7 Å². The minimum absolute atomic E-state index is 0.0100. The molecule has 0 atom stereocenters. The van der Waals surface area contributed by atoms with Crippen LogP contribution >= 0.6 is 0 Å². The summed E-state index contributed by atoms with van der Waals surface area (Å²) in [6, 6.07) is 0. The molecule has 0 spiro atoms. The molecule has 0 bridgehead atoms. The van der Waals surface area contributed by atoms with Gasteiger partial charge in [-0.05, 0) is 25.9 Å². The number of amides is 1. The molecule has 0 unspecified atom stereocenters. The largest absolute Gasteiger partial charge is 0.481 e. The highest BCUT2D eigenvalue weighted by Crippen LogP contribution is 2.17. The Morgan fingerprint density at radius 3 is 2.53 bits per heavy atom. The van der Waals surface area contributed by atoms with E-state index in [0.717, 1.165) is 13.1 Å². The number of rotatable bonds is 6. The second kappa shape index (κ2) is 7.24. The van der Waals surface area contributed by atoms with Crippen LogP contribution in [-0.2, 0) is 9.59 Å². The Kier molecular flexibility index (Phi) is 5.93. The van der Waals surface area contributed by atoms with Crippen LogP contribution in [0.1, 0.15) is 19.3 Å². The molecular formula is C11H21N3O3. The molecule has 0 saturated carbocycles. The Bertz CT molecular complexity index is 263. The van der Waals surface area contributed by atoms with Crippen molar-refractivity contribution < 1.29 is 14.7 Å². The molecule has 0 aromatic heterocycles. The number of likely N-dealkylation sites (tertiary alicyclic amines) is 1. The zero-order valence-corrected chi connectivity index (χ0v) is 10.0. The first-order valence-corrected chi connectivity index (χ1v) is 6.05. The van der Waals surface area contributed by atoms with Crippen LogP contribution in [0.4, 0.5) is 0 Å². The number of nitrogens with two attached hydrogens (primary N) is 1. The number of carboxylic acids is 1. The van der Waals surface area contributed by atoms with E-state index in [4.69, 9.17) is 10.8 Å². The Balaban J connectivity index is 2.14. The van der Waals surface area contributed by atoms with Crippen molar-refractivity contribution in [2.75, 3.05) is 32.7 Å². The summed E-state index contributed by atoms with van der Waals surface area (Å²) >= 11 is 0. The van der Waals surface area contributed by atoms with Gasteiger partial charge in [0, 0.05) is 26.1 Å². The van der Waals surface area contributed by atoms with Gasteiger partial charge in [0.1, 0.15) is 0 Å². The number of hydrogen-bond acceptors (Lipinski definition) is 4. The van der Waals surface area contributed by atoms with E-state index in [0.29, 0.717) is 38.9 Å². The summed E-state index contributed by atoms with van der Waals surface area (Å²) in [7, 11) is 0. The van der Waals surface area contributed by atoms with Crippen molar-refractivity contribution in [1.29, 1.82) is 0 Å². The summed E-state index contributed by atoms with van der Waals surface area (Å²) in [5, 5.41) is 11.6. The van der Waals surface area contributed by atoms with Crippen molar-refractivity contribution in [3.05, 3.63) is 0 Å². The number of carboxylic acid groups (broad SMARTS) is 1. The van der Waals surface area contributed by atoms with Gasteiger partial charge in [0.25, 0.3) is 0 Å². The van der Waals surface area contributed by atoms with Gasteiger partial charge in [-0.15, -0.1) is 0 Å². The molecule has 0 aromatic rings. The quantitative estimate of drug-likeness (QED) is 0.570. The number of carbonyl (C=O) groups is 2. The van der Waals surface area contributed by atoms with E-state index in [2.05, 4.69) is 10.2 Å². The molecule has 1 heterocycles. The molecule has 0 aromatic carbocycles. The van der Waals surface area contributed by atoms with Crippen molar-refractivity contribution in [2.45, 2.75) is 19.3 Å². The van der Waals surface area contributed by atoms with Gasteiger partial charge in [-0.3, -0.25) is 9.59 Å². The predicted octanol–water partition coefficient (Wildman–Crippen LogP) is -0.752. The van der Waals surface area contributed by atoms with Crippen molar-refractivity contribution in [3.63, 3.8) is 0 Å². The molecule has 4 N–H and O–H groups in total. The molecule has 0 aliphatic carbocycles. The molecule has 1 aliphatic rings. The highest BCUT2D eigenvalue weighted by Gasteiger charge is 2.24. The van der Waals surface area contributed by atoms with Crippen LogP contribution in [0.2, 0.25) is 0 Å². The first-order valence-electron chi connectivity index (χ1n) is 6.05. The van der Waals surface area contributed by atoms with Gasteiger partial charge in [0.05, 0.1) is 5.92 Å². The minimum atomic E-state index is -0.703. The van der Waals surface area contributed by atoms with E-state index in [1.54, 1.807) is 0 Å². The molecule has 1 aliphatic heterocycles. The molecule has 1 amide bonds. The standard InChI is InChI=1S/C11H21N3O3/c12-4-5-13-10(15)3-8-14-6-1-9(2-7-14)11(16)17/h9H,1-8,12H2,(H,13,15)(H,16,17). The monoisotopic (exact) mass is 243 g/mol. The summed E-state index contributed by atoms with van der Waals surface area (Å²) < 4.78 is 0. The van der Waals surface area contributed by atoms with Gasteiger partial charge in [-0.2, -0.15) is 0 Å². The highest BCUT2D eigenvalue weighted by atomic mass is 16.4. The number of aliphatic carboxylic acids is 1. The van der Waals surface area contributed by atoms with E-state index >= 15 is 0 Å². The molecule has 0 radical (unpaired) electrons. The number of carbonyl (C=O) groups excluding carboxylic acids is 1. The Morgan fingerprint density at radius 1 is 1.35 bits per heavy atom. The predicted molar refractivity (Wildman–Crippen MR) is 63.5 cm³/mol. The summed E-state index contributed by atoms with van der Waals surface area (Å²) in [4.78, 5) is 24.2. The van der Waals surface area contributed by atoms with Crippen molar-refractivity contribution in [1.82, 2.24) is 10.2 Å². The summed E-state index contributed by atoms with van der Waals surface area (Å²) in [5.74, 6) is -0.904. The molecule has 17 heavy (non-hydrogen) atoms. The Morgan fingerprint density at radius 2 is 2.00 bits per heavy atom. The second-order valence-electron chi connectivity index (χ2n) is 4.34. The minimum Gasteiger partial charge on any atom is -0.481 e. The van der Waals surface area contributed by atoms with Crippen LogP contribution < -0.4 is 11.1 Å². The SMILES string of the molecule is NCCNC(=O)CCN1CCC(C(=O)O)CC1. The number of nitrogens with one attached hydrogen (secondary N) is 1. The van der Waals surface area contributed by atoms with Gasteiger partial charge in [0.2, 0.25) is 5.91 Å². The molecule has 1 rings (SSSR count). The Hall–Kier alpha value is -1.14. The van der Waals surface area contributed by atoms with Crippen LogP contribution in [-0.4, -0.2) is 54.6 Å². The lowest BCUT2D eigenvalue weighted by Gasteiger charge is -2.29. The lowest BCUT2D eigenvalue weighted by Crippen LogP contribution is -2.39. The van der Waals surface area contributed by atoms with E-state index in [-0.39, 0.29) is 11.8 Å². The lowest BCUT2D eigenvalue weighted by atomic mass is 9.97.